The first-order valence-electron chi connectivity index (χ1n) is 6.84. The van der Waals surface area contributed by atoms with Gasteiger partial charge in [0.1, 0.15) is 10.6 Å². The van der Waals surface area contributed by atoms with Crippen LogP contribution < -0.4 is 16.4 Å². The van der Waals surface area contributed by atoms with E-state index in [1.807, 2.05) is 0 Å². The molecule has 1 amide bonds. The van der Waals surface area contributed by atoms with E-state index in [4.69, 9.17) is 5.73 Å². The van der Waals surface area contributed by atoms with Gasteiger partial charge in [-0.1, -0.05) is 26.2 Å². The molecule has 0 bridgehead atoms. The monoisotopic (exact) mass is 282 g/mol. The van der Waals surface area contributed by atoms with Crippen molar-refractivity contribution < 1.29 is 4.79 Å². The van der Waals surface area contributed by atoms with Crippen molar-refractivity contribution in [2.45, 2.75) is 32.6 Å². The van der Waals surface area contributed by atoms with E-state index in [1.54, 1.807) is 7.05 Å². The van der Waals surface area contributed by atoms with Crippen molar-refractivity contribution in [1.29, 1.82) is 0 Å². The molecule has 0 aromatic carbocycles. The zero-order valence-corrected chi connectivity index (χ0v) is 12.3. The molecule has 1 saturated carbocycles. The number of aromatic nitrogens is 1. The van der Waals surface area contributed by atoms with Crippen LogP contribution in [0, 0.1) is 11.8 Å². The summed E-state index contributed by atoms with van der Waals surface area (Å²) >= 11 is 1.26. The quantitative estimate of drug-likeness (QED) is 0.792. The maximum Gasteiger partial charge on any atom is 0.257 e. The minimum atomic E-state index is -0.176. The molecule has 0 aliphatic heterocycles. The number of amides is 1. The number of carbonyl (C=O) groups is 1. The molecule has 1 aliphatic rings. The van der Waals surface area contributed by atoms with Crippen molar-refractivity contribution >= 4 is 28.3 Å². The molecule has 2 unspecified atom stereocenters. The van der Waals surface area contributed by atoms with Gasteiger partial charge in [0.15, 0.2) is 5.82 Å². The average Bonchev–Trinajstić information content (AvgIpc) is 2.78. The first-order chi connectivity index (χ1) is 9.13. The smallest absolute Gasteiger partial charge is 0.257 e. The molecular formula is C13H22N4OS. The van der Waals surface area contributed by atoms with E-state index in [-0.39, 0.29) is 5.91 Å². The fourth-order valence-corrected chi connectivity index (χ4v) is 3.40. The molecule has 2 rings (SSSR count). The highest BCUT2D eigenvalue weighted by Gasteiger charge is 2.23. The largest absolute Gasteiger partial charge is 0.382 e. The lowest BCUT2D eigenvalue weighted by atomic mass is 9.80. The van der Waals surface area contributed by atoms with Crippen LogP contribution in [0.2, 0.25) is 0 Å². The maximum absolute atomic E-state index is 11.8. The molecule has 1 aliphatic carbocycles. The highest BCUT2D eigenvalue weighted by Crippen LogP contribution is 2.32. The van der Waals surface area contributed by atoms with Gasteiger partial charge in [-0.15, -0.1) is 0 Å². The van der Waals surface area contributed by atoms with Gasteiger partial charge < -0.3 is 16.4 Å². The molecule has 0 saturated heterocycles. The Bertz CT molecular complexity index is 446. The molecule has 1 fully saturated rings. The number of nitrogens with zero attached hydrogens (tertiary/aromatic N) is 1. The van der Waals surface area contributed by atoms with Crippen LogP contribution in [-0.4, -0.2) is 23.9 Å². The van der Waals surface area contributed by atoms with Crippen molar-refractivity contribution in [3.8, 4) is 0 Å². The molecule has 2 atom stereocenters. The second-order valence-corrected chi connectivity index (χ2v) is 6.03. The Kier molecular flexibility index (Phi) is 4.63. The van der Waals surface area contributed by atoms with Crippen LogP contribution in [0.4, 0.5) is 10.8 Å². The molecule has 0 radical (unpaired) electrons. The summed E-state index contributed by atoms with van der Waals surface area (Å²) < 4.78 is 4.06. The van der Waals surface area contributed by atoms with Gasteiger partial charge >= 0.3 is 0 Å². The van der Waals surface area contributed by atoms with Crippen molar-refractivity contribution in [2.24, 2.45) is 11.8 Å². The Balaban J connectivity index is 2.01. The first-order valence-corrected chi connectivity index (χ1v) is 7.62. The average molecular weight is 282 g/mol. The number of rotatable bonds is 4. The van der Waals surface area contributed by atoms with Crippen LogP contribution >= 0.6 is 11.5 Å². The van der Waals surface area contributed by atoms with E-state index in [0.29, 0.717) is 17.3 Å². The van der Waals surface area contributed by atoms with Gasteiger partial charge in [-0.05, 0) is 29.8 Å². The summed E-state index contributed by atoms with van der Waals surface area (Å²) in [6.45, 7) is 3.21. The van der Waals surface area contributed by atoms with Gasteiger partial charge in [0.2, 0.25) is 0 Å². The number of nitrogen functional groups attached to an aromatic ring is 1. The Hall–Kier alpha value is -1.30. The Morgan fingerprint density at radius 1 is 1.47 bits per heavy atom. The van der Waals surface area contributed by atoms with Gasteiger partial charge in [-0.25, -0.2) is 0 Å². The van der Waals surface area contributed by atoms with E-state index >= 15 is 0 Å². The zero-order valence-electron chi connectivity index (χ0n) is 11.5. The molecule has 106 valence electrons. The summed E-state index contributed by atoms with van der Waals surface area (Å²) in [5, 5.41) is 6.75. The highest BCUT2D eigenvalue weighted by atomic mass is 32.1. The predicted octanol–water partition coefficient (Wildman–Crippen LogP) is 2.32. The molecule has 1 aromatic heterocycles. The molecule has 6 heteroatoms. The number of anilines is 2. The summed E-state index contributed by atoms with van der Waals surface area (Å²) in [5.41, 5.74) is 6.23. The minimum absolute atomic E-state index is 0.176. The van der Waals surface area contributed by atoms with Crippen molar-refractivity contribution in [3.05, 3.63) is 5.56 Å². The van der Waals surface area contributed by atoms with Crippen LogP contribution in [0.25, 0.3) is 0 Å². The van der Waals surface area contributed by atoms with Crippen molar-refractivity contribution in [2.75, 3.05) is 24.6 Å². The zero-order chi connectivity index (χ0) is 13.8. The van der Waals surface area contributed by atoms with Crippen LogP contribution in [0.15, 0.2) is 0 Å². The molecule has 19 heavy (non-hydrogen) atoms. The Morgan fingerprint density at radius 3 is 2.89 bits per heavy atom. The minimum Gasteiger partial charge on any atom is -0.382 e. The van der Waals surface area contributed by atoms with Gasteiger partial charge in [0.25, 0.3) is 5.91 Å². The van der Waals surface area contributed by atoms with E-state index in [2.05, 4.69) is 21.9 Å². The topological polar surface area (TPSA) is 80.0 Å². The van der Waals surface area contributed by atoms with Crippen LogP contribution in [0.1, 0.15) is 43.0 Å². The van der Waals surface area contributed by atoms with Gasteiger partial charge in [0, 0.05) is 13.6 Å². The molecule has 1 heterocycles. The third-order valence-corrected chi connectivity index (χ3v) is 4.81. The van der Waals surface area contributed by atoms with Gasteiger partial charge in [-0.3, -0.25) is 4.79 Å². The summed E-state index contributed by atoms with van der Waals surface area (Å²) in [7, 11) is 1.60. The number of nitrogens with two attached hydrogens (primary N) is 1. The Morgan fingerprint density at radius 2 is 2.21 bits per heavy atom. The predicted molar refractivity (Wildman–Crippen MR) is 79.5 cm³/mol. The van der Waals surface area contributed by atoms with Crippen LogP contribution in [-0.2, 0) is 0 Å². The lowest BCUT2D eigenvalue weighted by Gasteiger charge is -2.28. The van der Waals surface area contributed by atoms with Crippen molar-refractivity contribution in [3.63, 3.8) is 0 Å². The lowest BCUT2D eigenvalue weighted by Crippen LogP contribution is -2.25. The second-order valence-electron chi connectivity index (χ2n) is 5.25. The van der Waals surface area contributed by atoms with E-state index in [1.165, 1.54) is 37.2 Å². The van der Waals surface area contributed by atoms with E-state index < -0.39 is 0 Å². The highest BCUT2D eigenvalue weighted by molar-refractivity contribution is 7.11. The number of hydrogen-bond donors (Lipinski definition) is 3. The Labute approximate surface area is 118 Å². The molecular weight excluding hydrogens is 260 g/mol. The SMILES string of the molecule is CNC(=O)c1c(N)nsc1NCC1CCCCC1C. The standard InChI is InChI=1S/C13H22N4OS/c1-8-5-3-4-6-9(8)7-16-13-10(12(18)15-2)11(14)17-19-13/h8-9,16H,3-7H2,1-2H3,(H2,14,17)(H,15,18). The van der Waals surface area contributed by atoms with E-state index in [9.17, 15) is 4.79 Å². The lowest BCUT2D eigenvalue weighted by molar-refractivity contribution is 0.0965. The fourth-order valence-electron chi connectivity index (χ4n) is 2.69. The third-order valence-electron chi connectivity index (χ3n) is 3.99. The fraction of sp³-hybridized carbons (Fsp3) is 0.692. The molecule has 1 aromatic rings. The van der Waals surface area contributed by atoms with E-state index in [0.717, 1.165) is 17.5 Å². The second kappa shape index (κ2) is 6.23. The summed E-state index contributed by atoms with van der Waals surface area (Å²) in [4.78, 5) is 11.8. The van der Waals surface area contributed by atoms with Gasteiger partial charge in [-0.2, -0.15) is 4.37 Å². The first kappa shape index (κ1) is 14.1. The van der Waals surface area contributed by atoms with Crippen molar-refractivity contribution in [1.82, 2.24) is 9.69 Å². The number of hydrogen-bond acceptors (Lipinski definition) is 5. The molecule has 5 nitrogen and oxygen atoms in total. The van der Waals surface area contributed by atoms with Crippen LogP contribution in [0.3, 0.4) is 0 Å². The number of carbonyl (C=O) groups excluding carboxylic acids is 1. The van der Waals surface area contributed by atoms with Gasteiger partial charge in [0.05, 0.1) is 0 Å². The maximum atomic E-state index is 11.8. The summed E-state index contributed by atoms with van der Waals surface area (Å²) in [5.74, 6) is 1.55. The molecule has 4 N–H and O–H groups in total. The molecule has 0 spiro atoms. The third kappa shape index (κ3) is 3.18. The summed E-state index contributed by atoms with van der Waals surface area (Å²) in [6.07, 6.45) is 5.22. The number of nitrogens with one attached hydrogen (secondary N) is 2. The summed E-state index contributed by atoms with van der Waals surface area (Å²) in [6, 6.07) is 0. The van der Waals surface area contributed by atoms with Crippen LogP contribution in [0.5, 0.6) is 0 Å². The normalized spacial score (nSPS) is 23.1.